The fraction of sp³-hybridized carbons (Fsp3) is 0.111. The maximum atomic E-state index is 5.36. The van der Waals surface area contributed by atoms with E-state index in [-0.39, 0.29) is 6.79 Å². The maximum Gasteiger partial charge on any atom is 0.231 e. The molecule has 126 valence electrons. The van der Waals surface area contributed by atoms with Crippen LogP contribution in [0.2, 0.25) is 0 Å². The lowest BCUT2D eigenvalue weighted by Gasteiger charge is -2.02. The fourth-order valence-corrected chi connectivity index (χ4v) is 3.61. The van der Waals surface area contributed by atoms with Gasteiger partial charge < -0.3 is 14.0 Å². The van der Waals surface area contributed by atoms with E-state index < -0.39 is 0 Å². The number of hydrogen-bond donors (Lipinski definition) is 0. The highest BCUT2D eigenvalue weighted by Crippen LogP contribution is 2.32. The minimum Gasteiger partial charge on any atom is -0.454 e. The molecule has 5 nitrogen and oxygen atoms in total. The van der Waals surface area contributed by atoms with Crippen molar-refractivity contribution < 1.29 is 9.47 Å². The van der Waals surface area contributed by atoms with Gasteiger partial charge in [-0.2, -0.15) is 5.10 Å². The molecule has 1 aliphatic rings. The fourth-order valence-electron chi connectivity index (χ4n) is 2.48. The standard InChI is InChI=1S/C18H14BrN3O2S/c1-22-15(13-3-5-14(19)6-4-13)10-25-18(22)21-20-9-12-2-7-16-17(8-12)24-11-23-16/h2-10H,11H2,1H3. The summed E-state index contributed by atoms with van der Waals surface area (Å²) in [6, 6.07) is 13.9. The van der Waals surface area contributed by atoms with E-state index in [0.717, 1.165) is 37.6 Å². The zero-order valence-electron chi connectivity index (χ0n) is 13.3. The summed E-state index contributed by atoms with van der Waals surface area (Å²) in [5.41, 5.74) is 3.16. The summed E-state index contributed by atoms with van der Waals surface area (Å²) in [5.74, 6) is 1.50. The number of aromatic nitrogens is 1. The number of thiazole rings is 1. The summed E-state index contributed by atoms with van der Waals surface area (Å²) in [5, 5.41) is 10.6. The molecule has 0 N–H and O–H groups in total. The van der Waals surface area contributed by atoms with Crippen LogP contribution in [0, 0.1) is 0 Å². The van der Waals surface area contributed by atoms with Crippen LogP contribution in [-0.4, -0.2) is 17.6 Å². The van der Waals surface area contributed by atoms with Crippen LogP contribution in [0.5, 0.6) is 11.5 Å². The van der Waals surface area contributed by atoms with Gasteiger partial charge in [0.25, 0.3) is 0 Å². The van der Waals surface area contributed by atoms with Gasteiger partial charge in [0, 0.05) is 16.9 Å². The van der Waals surface area contributed by atoms with Gasteiger partial charge in [0.15, 0.2) is 11.5 Å². The monoisotopic (exact) mass is 415 g/mol. The second-order valence-corrected chi connectivity index (χ2v) is 7.18. The molecule has 2 aromatic carbocycles. The Kier molecular flexibility index (Phi) is 4.42. The van der Waals surface area contributed by atoms with Gasteiger partial charge in [-0.3, -0.25) is 0 Å². The van der Waals surface area contributed by atoms with Gasteiger partial charge in [-0.15, -0.1) is 16.4 Å². The van der Waals surface area contributed by atoms with Crippen LogP contribution in [0.15, 0.2) is 62.5 Å². The van der Waals surface area contributed by atoms with E-state index in [4.69, 9.17) is 9.47 Å². The van der Waals surface area contributed by atoms with E-state index in [1.165, 1.54) is 0 Å². The van der Waals surface area contributed by atoms with Gasteiger partial charge in [0.05, 0.1) is 11.9 Å². The van der Waals surface area contributed by atoms with Crippen molar-refractivity contribution in [2.75, 3.05) is 6.79 Å². The lowest BCUT2D eigenvalue weighted by molar-refractivity contribution is 0.174. The van der Waals surface area contributed by atoms with Crippen molar-refractivity contribution in [2.24, 2.45) is 17.3 Å². The molecule has 0 saturated heterocycles. The topological polar surface area (TPSA) is 48.1 Å². The molecule has 1 aromatic heterocycles. The Morgan fingerprint density at radius 3 is 2.76 bits per heavy atom. The van der Waals surface area contributed by atoms with Gasteiger partial charge in [-0.05, 0) is 41.5 Å². The Labute approximate surface area is 157 Å². The van der Waals surface area contributed by atoms with Crippen molar-refractivity contribution in [1.82, 2.24) is 4.57 Å². The molecule has 0 fully saturated rings. The minimum absolute atomic E-state index is 0.268. The first-order chi connectivity index (χ1) is 12.2. The van der Waals surface area contributed by atoms with E-state index in [0.29, 0.717) is 0 Å². The van der Waals surface area contributed by atoms with E-state index in [9.17, 15) is 0 Å². The van der Waals surface area contributed by atoms with Crippen LogP contribution in [0.1, 0.15) is 5.56 Å². The average molecular weight is 416 g/mol. The van der Waals surface area contributed by atoms with Crippen LogP contribution in [0.4, 0.5) is 0 Å². The molecule has 0 spiro atoms. The molecule has 0 unspecified atom stereocenters. The molecular weight excluding hydrogens is 402 g/mol. The first kappa shape index (κ1) is 16.1. The molecule has 0 aliphatic carbocycles. The molecule has 25 heavy (non-hydrogen) atoms. The van der Waals surface area contributed by atoms with Crippen LogP contribution >= 0.6 is 27.3 Å². The van der Waals surface area contributed by atoms with Crippen LogP contribution in [0.3, 0.4) is 0 Å². The van der Waals surface area contributed by atoms with Gasteiger partial charge >= 0.3 is 0 Å². The average Bonchev–Trinajstić information content (AvgIpc) is 3.23. The molecule has 3 aromatic rings. The Morgan fingerprint density at radius 2 is 1.92 bits per heavy atom. The lowest BCUT2D eigenvalue weighted by atomic mass is 10.2. The summed E-state index contributed by atoms with van der Waals surface area (Å²) >= 11 is 5.01. The molecule has 0 saturated carbocycles. The van der Waals surface area contributed by atoms with Crippen molar-refractivity contribution >= 4 is 33.5 Å². The second kappa shape index (κ2) is 6.85. The van der Waals surface area contributed by atoms with Crippen molar-refractivity contribution in [2.45, 2.75) is 0 Å². The first-order valence-electron chi connectivity index (χ1n) is 7.58. The molecule has 4 rings (SSSR count). The van der Waals surface area contributed by atoms with Crippen molar-refractivity contribution in [3.8, 4) is 22.8 Å². The first-order valence-corrected chi connectivity index (χ1v) is 9.25. The zero-order chi connectivity index (χ0) is 17.2. The highest BCUT2D eigenvalue weighted by Gasteiger charge is 2.12. The molecular formula is C18H14BrN3O2S. The van der Waals surface area contributed by atoms with E-state index in [2.05, 4.69) is 43.6 Å². The summed E-state index contributed by atoms with van der Waals surface area (Å²) in [6.45, 7) is 0.268. The number of ether oxygens (including phenoxy) is 2. The van der Waals surface area contributed by atoms with E-state index >= 15 is 0 Å². The number of benzene rings is 2. The molecule has 0 amide bonds. The van der Waals surface area contributed by atoms with Crippen LogP contribution in [0.25, 0.3) is 11.3 Å². The highest BCUT2D eigenvalue weighted by atomic mass is 79.9. The zero-order valence-corrected chi connectivity index (χ0v) is 15.8. The van der Waals surface area contributed by atoms with Gasteiger partial charge in [-0.25, -0.2) is 0 Å². The molecule has 7 heteroatoms. The predicted molar refractivity (Wildman–Crippen MR) is 102 cm³/mol. The van der Waals surface area contributed by atoms with Gasteiger partial charge in [-0.1, -0.05) is 28.1 Å². The SMILES string of the molecule is Cn1c(-c2ccc(Br)cc2)csc1=NN=Cc1ccc2c(c1)OCO2. The third-order valence-electron chi connectivity index (χ3n) is 3.81. The summed E-state index contributed by atoms with van der Waals surface area (Å²) in [7, 11) is 1.99. The maximum absolute atomic E-state index is 5.36. The third kappa shape index (κ3) is 3.38. The quantitative estimate of drug-likeness (QED) is 0.475. The Balaban J connectivity index is 1.59. The number of nitrogens with zero attached hydrogens (tertiary/aromatic N) is 3. The number of rotatable bonds is 3. The van der Waals surface area contributed by atoms with E-state index in [1.807, 2.05) is 41.9 Å². The normalized spacial score (nSPS) is 13.8. The van der Waals surface area contributed by atoms with Gasteiger partial charge in [0.1, 0.15) is 0 Å². The third-order valence-corrected chi connectivity index (χ3v) is 5.25. The molecule has 1 aliphatic heterocycles. The summed E-state index contributed by atoms with van der Waals surface area (Å²) in [6.07, 6.45) is 1.71. The Morgan fingerprint density at radius 1 is 1.12 bits per heavy atom. The largest absolute Gasteiger partial charge is 0.454 e. The number of hydrogen-bond acceptors (Lipinski definition) is 5. The number of halogens is 1. The highest BCUT2D eigenvalue weighted by molar-refractivity contribution is 9.10. The lowest BCUT2D eigenvalue weighted by Crippen LogP contribution is -2.10. The molecule has 0 bridgehead atoms. The molecule has 2 heterocycles. The van der Waals surface area contributed by atoms with Crippen molar-refractivity contribution in [3.05, 3.63) is 62.7 Å². The van der Waals surface area contributed by atoms with Crippen molar-refractivity contribution in [1.29, 1.82) is 0 Å². The second-order valence-electron chi connectivity index (χ2n) is 5.43. The van der Waals surface area contributed by atoms with Crippen LogP contribution < -0.4 is 14.3 Å². The number of fused-ring (bicyclic) bond motifs is 1. The van der Waals surface area contributed by atoms with E-state index in [1.54, 1.807) is 17.6 Å². The summed E-state index contributed by atoms with van der Waals surface area (Å²) in [4.78, 5) is 0.829. The smallest absolute Gasteiger partial charge is 0.231 e. The molecule has 0 atom stereocenters. The minimum atomic E-state index is 0.268. The predicted octanol–water partition coefficient (Wildman–Crippen LogP) is 4.18. The Bertz CT molecular complexity index is 1010. The Hall–Kier alpha value is -2.38. The molecule has 0 radical (unpaired) electrons. The van der Waals surface area contributed by atoms with Gasteiger partial charge in [0.2, 0.25) is 11.6 Å². The summed E-state index contributed by atoms with van der Waals surface area (Å²) < 4.78 is 13.8. The van der Waals surface area contributed by atoms with Crippen LogP contribution in [-0.2, 0) is 7.05 Å². The van der Waals surface area contributed by atoms with Crippen molar-refractivity contribution in [3.63, 3.8) is 0 Å².